The van der Waals surface area contributed by atoms with E-state index >= 15 is 0 Å². The third kappa shape index (κ3) is 3.92. The summed E-state index contributed by atoms with van der Waals surface area (Å²) in [5, 5.41) is 6.84. The van der Waals surface area contributed by atoms with Gasteiger partial charge in [0, 0.05) is 35.1 Å². The highest BCUT2D eigenvalue weighted by Gasteiger charge is 2.20. The van der Waals surface area contributed by atoms with Gasteiger partial charge < -0.3 is 9.88 Å². The summed E-state index contributed by atoms with van der Waals surface area (Å²) in [4.78, 5) is 30.3. The van der Waals surface area contributed by atoms with Crippen LogP contribution in [0.2, 0.25) is 0 Å². The molecule has 0 saturated heterocycles. The Morgan fingerprint density at radius 3 is 2.59 bits per heavy atom. The minimum Gasteiger partial charge on any atom is -0.326 e. The average Bonchev–Trinajstić information content (AvgIpc) is 3.23. The maximum Gasteiger partial charge on any atom is 0.279 e. The van der Waals surface area contributed by atoms with Gasteiger partial charge in [0.25, 0.3) is 5.56 Å². The quantitative estimate of drug-likeness (QED) is 0.470. The highest BCUT2D eigenvalue weighted by Crippen LogP contribution is 2.18. The van der Waals surface area contributed by atoms with Gasteiger partial charge in [0.1, 0.15) is 0 Å². The van der Waals surface area contributed by atoms with Gasteiger partial charge in [-0.2, -0.15) is 9.50 Å². The molecule has 0 aliphatic carbocycles. The monoisotopic (exact) mass is 435 g/mol. The molecule has 0 bridgehead atoms. The lowest BCUT2D eigenvalue weighted by atomic mass is 10.1. The van der Waals surface area contributed by atoms with E-state index in [-0.39, 0.29) is 17.7 Å². The maximum atomic E-state index is 13.4. The number of carbonyl (C=O) groups excluding carboxylic acids is 1. The van der Waals surface area contributed by atoms with E-state index in [0.717, 1.165) is 17.7 Å². The van der Waals surface area contributed by atoms with Crippen LogP contribution >= 0.6 is 0 Å². The van der Waals surface area contributed by atoms with Crippen molar-refractivity contribution in [3.05, 3.63) is 94.4 Å². The first-order chi connectivity index (χ1) is 15.4. The molecular formula is C23H19F2N5O2. The van der Waals surface area contributed by atoms with Crippen LogP contribution in [0.3, 0.4) is 0 Å². The number of nitrogens with zero attached hydrogens (tertiary/aromatic N) is 4. The number of rotatable bonds is 6. The van der Waals surface area contributed by atoms with Gasteiger partial charge in [-0.25, -0.2) is 8.78 Å². The zero-order chi connectivity index (χ0) is 22.8. The summed E-state index contributed by atoms with van der Waals surface area (Å²) in [5.74, 6) is -1.94. The number of nitrogens with one attached hydrogen (secondary N) is 1. The summed E-state index contributed by atoms with van der Waals surface area (Å²) >= 11 is 0. The fraction of sp³-hybridized carbons (Fsp3) is 0.130. The zero-order valence-electron chi connectivity index (χ0n) is 17.2. The minimum atomic E-state index is -1.08. The summed E-state index contributed by atoms with van der Waals surface area (Å²) in [6.45, 7) is 5.81. The van der Waals surface area contributed by atoms with Crippen molar-refractivity contribution in [2.24, 2.45) is 0 Å². The molecule has 162 valence electrons. The predicted molar refractivity (Wildman–Crippen MR) is 116 cm³/mol. The van der Waals surface area contributed by atoms with Crippen LogP contribution in [0.4, 0.5) is 14.5 Å². The Morgan fingerprint density at radius 1 is 1.16 bits per heavy atom. The topological polar surface area (TPSA) is 81.3 Å². The molecule has 0 saturated carbocycles. The van der Waals surface area contributed by atoms with Crippen molar-refractivity contribution in [2.75, 3.05) is 5.32 Å². The Balaban J connectivity index is 1.75. The average molecular weight is 435 g/mol. The minimum absolute atomic E-state index is 0.0890. The third-order valence-electron chi connectivity index (χ3n) is 5.01. The smallest absolute Gasteiger partial charge is 0.279 e. The van der Waals surface area contributed by atoms with Crippen LogP contribution in [0, 0.1) is 18.6 Å². The molecule has 0 aliphatic heterocycles. The molecule has 0 spiro atoms. The molecule has 0 atom stereocenters. The Hall–Kier alpha value is -4.14. The molecule has 1 amide bonds. The van der Waals surface area contributed by atoms with Gasteiger partial charge in [-0.05, 0) is 19.1 Å². The van der Waals surface area contributed by atoms with Crippen molar-refractivity contribution < 1.29 is 13.6 Å². The standard InChI is InChI=1S/C23H19F2N5O2/c1-3-11-29-14(2)17(13-20(31)26-16-9-10-18(24)19(25)12-16)22(32)30-23(29)27-21(28-30)15-7-5-4-6-8-15/h3-10,12H,1,11,13H2,2H3,(H,26,31). The Morgan fingerprint density at radius 2 is 1.91 bits per heavy atom. The highest BCUT2D eigenvalue weighted by atomic mass is 19.2. The summed E-state index contributed by atoms with van der Waals surface area (Å²) in [7, 11) is 0. The van der Waals surface area contributed by atoms with Crippen molar-refractivity contribution in [3.8, 4) is 11.4 Å². The molecule has 32 heavy (non-hydrogen) atoms. The maximum absolute atomic E-state index is 13.4. The molecule has 7 nitrogen and oxygen atoms in total. The lowest BCUT2D eigenvalue weighted by molar-refractivity contribution is -0.115. The van der Waals surface area contributed by atoms with Crippen molar-refractivity contribution in [3.63, 3.8) is 0 Å². The van der Waals surface area contributed by atoms with E-state index in [1.165, 1.54) is 10.6 Å². The second kappa shape index (κ2) is 8.54. The van der Waals surface area contributed by atoms with Crippen LogP contribution in [0.25, 0.3) is 17.2 Å². The summed E-state index contributed by atoms with van der Waals surface area (Å²) in [5.41, 5.74) is 1.11. The molecule has 4 rings (SSSR count). The first-order valence-electron chi connectivity index (χ1n) is 9.79. The van der Waals surface area contributed by atoms with Crippen LogP contribution in [0.15, 0.2) is 66.0 Å². The van der Waals surface area contributed by atoms with E-state index in [4.69, 9.17) is 0 Å². The van der Waals surface area contributed by atoms with E-state index in [1.807, 2.05) is 30.3 Å². The first kappa shape index (κ1) is 21.1. The number of aromatic nitrogens is 4. The molecule has 0 unspecified atom stereocenters. The van der Waals surface area contributed by atoms with Crippen LogP contribution < -0.4 is 10.9 Å². The van der Waals surface area contributed by atoms with E-state index in [9.17, 15) is 18.4 Å². The molecule has 2 aromatic carbocycles. The lowest BCUT2D eigenvalue weighted by Crippen LogP contribution is -2.29. The van der Waals surface area contributed by atoms with E-state index in [2.05, 4.69) is 22.0 Å². The Kier molecular flexibility index (Phi) is 5.63. The number of amides is 1. The number of benzene rings is 2. The molecule has 2 heterocycles. The van der Waals surface area contributed by atoms with E-state index < -0.39 is 23.1 Å². The van der Waals surface area contributed by atoms with Gasteiger partial charge in [0.05, 0.1) is 6.42 Å². The summed E-state index contributed by atoms with van der Waals surface area (Å²) < 4.78 is 29.5. The molecule has 0 aliphatic rings. The van der Waals surface area contributed by atoms with Crippen molar-refractivity contribution in [2.45, 2.75) is 19.9 Å². The van der Waals surface area contributed by atoms with Crippen LogP contribution in [0.5, 0.6) is 0 Å². The van der Waals surface area contributed by atoms with Crippen molar-refractivity contribution in [1.29, 1.82) is 0 Å². The fourth-order valence-corrected chi connectivity index (χ4v) is 3.41. The second-order valence-electron chi connectivity index (χ2n) is 7.14. The fourth-order valence-electron chi connectivity index (χ4n) is 3.41. The van der Waals surface area contributed by atoms with Gasteiger partial charge in [-0.15, -0.1) is 11.7 Å². The third-order valence-corrected chi connectivity index (χ3v) is 5.01. The van der Waals surface area contributed by atoms with Crippen molar-refractivity contribution in [1.82, 2.24) is 19.2 Å². The van der Waals surface area contributed by atoms with Gasteiger partial charge in [-0.3, -0.25) is 9.59 Å². The molecule has 4 aromatic rings. The zero-order valence-corrected chi connectivity index (χ0v) is 17.2. The van der Waals surface area contributed by atoms with E-state index in [1.54, 1.807) is 17.6 Å². The van der Waals surface area contributed by atoms with Gasteiger partial charge in [0.2, 0.25) is 11.7 Å². The normalized spacial score (nSPS) is 11.0. The number of allylic oxidation sites excluding steroid dienone is 1. The van der Waals surface area contributed by atoms with Crippen LogP contribution in [-0.4, -0.2) is 25.1 Å². The van der Waals surface area contributed by atoms with Gasteiger partial charge in [-0.1, -0.05) is 36.4 Å². The second-order valence-corrected chi connectivity index (χ2v) is 7.14. The van der Waals surface area contributed by atoms with Gasteiger partial charge in [0.15, 0.2) is 17.5 Å². The lowest BCUT2D eigenvalue weighted by Gasteiger charge is -2.14. The summed E-state index contributed by atoms with van der Waals surface area (Å²) in [6, 6.07) is 12.3. The summed E-state index contributed by atoms with van der Waals surface area (Å²) in [6.07, 6.45) is 1.37. The number of fused-ring (bicyclic) bond motifs is 1. The molecule has 2 aromatic heterocycles. The molecule has 0 radical (unpaired) electrons. The van der Waals surface area contributed by atoms with Crippen LogP contribution in [0.1, 0.15) is 11.3 Å². The van der Waals surface area contributed by atoms with Crippen LogP contribution in [-0.2, 0) is 17.8 Å². The van der Waals surface area contributed by atoms with Gasteiger partial charge >= 0.3 is 0 Å². The number of anilines is 1. The molecule has 1 N–H and O–H groups in total. The predicted octanol–water partition coefficient (Wildman–Crippen LogP) is 3.51. The SMILES string of the molecule is C=CCn1c(C)c(CC(=O)Nc2ccc(F)c(F)c2)c(=O)n2nc(-c3ccccc3)nc12. The van der Waals surface area contributed by atoms with E-state index in [0.29, 0.717) is 23.8 Å². The molecule has 9 heteroatoms. The van der Waals surface area contributed by atoms with Crippen molar-refractivity contribution >= 4 is 17.4 Å². The number of carbonyl (C=O) groups is 1. The Labute approximate surface area is 181 Å². The number of hydrogen-bond acceptors (Lipinski definition) is 4. The largest absolute Gasteiger partial charge is 0.326 e. The Bertz CT molecular complexity index is 1390. The molecule has 0 fully saturated rings. The number of hydrogen-bond donors (Lipinski definition) is 1. The highest BCUT2D eigenvalue weighted by molar-refractivity contribution is 5.92. The molecular weight excluding hydrogens is 416 g/mol. The first-order valence-corrected chi connectivity index (χ1v) is 9.79. The number of halogens is 2.